The summed E-state index contributed by atoms with van der Waals surface area (Å²) in [6.07, 6.45) is 9.03. The first-order chi connectivity index (χ1) is 9.15. The van der Waals surface area contributed by atoms with Crippen LogP contribution in [-0.4, -0.2) is 4.98 Å². The Hall–Kier alpha value is -0.410. The lowest BCUT2D eigenvalue weighted by Crippen LogP contribution is -2.18. The second-order valence-corrected chi connectivity index (χ2v) is 7.83. The number of nitrogens with two attached hydrogens (primary N) is 1. The van der Waals surface area contributed by atoms with Crippen molar-refractivity contribution >= 4 is 11.3 Å². The van der Waals surface area contributed by atoms with Gasteiger partial charge in [-0.05, 0) is 56.8 Å². The third-order valence-corrected chi connectivity index (χ3v) is 6.37. The number of rotatable bonds is 2. The SMILES string of the molecule is CC(C)C1CCC(c2nc3c(s2)CCCC3N)CC1. The van der Waals surface area contributed by atoms with Crippen LogP contribution in [0.2, 0.25) is 0 Å². The van der Waals surface area contributed by atoms with E-state index in [-0.39, 0.29) is 6.04 Å². The van der Waals surface area contributed by atoms with Crippen molar-refractivity contribution < 1.29 is 0 Å². The first-order valence-corrected chi connectivity index (χ1v) is 8.72. The summed E-state index contributed by atoms with van der Waals surface area (Å²) >= 11 is 1.96. The zero-order valence-corrected chi connectivity index (χ0v) is 13.0. The minimum atomic E-state index is 0.209. The predicted molar refractivity (Wildman–Crippen MR) is 81.5 cm³/mol. The van der Waals surface area contributed by atoms with Crippen molar-refractivity contribution in [1.82, 2.24) is 4.98 Å². The maximum absolute atomic E-state index is 6.20. The average molecular weight is 278 g/mol. The van der Waals surface area contributed by atoms with E-state index in [0.29, 0.717) is 0 Å². The molecular weight excluding hydrogens is 252 g/mol. The highest BCUT2D eigenvalue weighted by molar-refractivity contribution is 7.11. The van der Waals surface area contributed by atoms with E-state index >= 15 is 0 Å². The molecule has 106 valence electrons. The second kappa shape index (κ2) is 5.53. The molecule has 0 bridgehead atoms. The van der Waals surface area contributed by atoms with Crippen molar-refractivity contribution in [2.24, 2.45) is 17.6 Å². The van der Waals surface area contributed by atoms with Crippen molar-refractivity contribution in [3.8, 4) is 0 Å². The summed E-state index contributed by atoms with van der Waals surface area (Å²) in [5.74, 6) is 2.50. The zero-order valence-electron chi connectivity index (χ0n) is 12.2. The van der Waals surface area contributed by atoms with E-state index in [1.807, 2.05) is 11.3 Å². The number of hydrogen-bond acceptors (Lipinski definition) is 3. The Bertz CT molecular complexity index is 430. The van der Waals surface area contributed by atoms with Crippen LogP contribution in [0.3, 0.4) is 0 Å². The van der Waals surface area contributed by atoms with E-state index in [1.54, 1.807) is 0 Å². The number of thiazole rings is 1. The Labute approximate surface area is 120 Å². The zero-order chi connectivity index (χ0) is 13.4. The van der Waals surface area contributed by atoms with E-state index < -0.39 is 0 Å². The Kier molecular flexibility index (Phi) is 3.95. The van der Waals surface area contributed by atoms with Gasteiger partial charge in [-0.25, -0.2) is 4.98 Å². The lowest BCUT2D eigenvalue weighted by atomic mass is 9.77. The Morgan fingerprint density at radius 3 is 2.53 bits per heavy atom. The van der Waals surface area contributed by atoms with Gasteiger partial charge in [0, 0.05) is 16.8 Å². The quantitative estimate of drug-likeness (QED) is 0.870. The molecule has 2 nitrogen and oxygen atoms in total. The van der Waals surface area contributed by atoms with Crippen LogP contribution in [0.4, 0.5) is 0 Å². The molecule has 2 aliphatic carbocycles. The van der Waals surface area contributed by atoms with E-state index in [4.69, 9.17) is 10.7 Å². The van der Waals surface area contributed by atoms with Gasteiger partial charge >= 0.3 is 0 Å². The lowest BCUT2D eigenvalue weighted by Gasteiger charge is -2.29. The van der Waals surface area contributed by atoms with Gasteiger partial charge in [-0.15, -0.1) is 11.3 Å². The Balaban J connectivity index is 1.70. The van der Waals surface area contributed by atoms with Gasteiger partial charge in [-0.3, -0.25) is 0 Å². The number of aromatic nitrogens is 1. The van der Waals surface area contributed by atoms with Gasteiger partial charge < -0.3 is 5.73 Å². The molecule has 1 saturated carbocycles. The summed E-state index contributed by atoms with van der Waals surface area (Å²) in [6.45, 7) is 4.73. The number of nitrogens with zero attached hydrogens (tertiary/aromatic N) is 1. The summed E-state index contributed by atoms with van der Waals surface area (Å²) in [4.78, 5) is 6.40. The molecule has 0 spiro atoms. The van der Waals surface area contributed by atoms with E-state index in [0.717, 1.165) is 24.2 Å². The maximum atomic E-state index is 6.20. The van der Waals surface area contributed by atoms with Crippen molar-refractivity contribution in [3.05, 3.63) is 15.6 Å². The van der Waals surface area contributed by atoms with Crippen LogP contribution in [0.1, 0.15) is 79.9 Å². The number of fused-ring (bicyclic) bond motifs is 1. The topological polar surface area (TPSA) is 38.9 Å². The van der Waals surface area contributed by atoms with Crippen LogP contribution < -0.4 is 5.73 Å². The molecule has 1 aromatic heterocycles. The largest absolute Gasteiger partial charge is 0.323 e. The molecule has 2 aliphatic rings. The Morgan fingerprint density at radius 2 is 1.89 bits per heavy atom. The molecule has 1 unspecified atom stereocenters. The van der Waals surface area contributed by atoms with Gasteiger partial charge in [-0.2, -0.15) is 0 Å². The first-order valence-electron chi connectivity index (χ1n) is 7.90. The minimum Gasteiger partial charge on any atom is -0.323 e. The van der Waals surface area contributed by atoms with Crippen LogP contribution in [0, 0.1) is 11.8 Å². The third kappa shape index (κ3) is 2.73. The Morgan fingerprint density at radius 1 is 1.16 bits per heavy atom. The summed E-state index contributed by atoms with van der Waals surface area (Å²) in [5, 5.41) is 1.39. The van der Waals surface area contributed by atoms with Gasteiger partial charge in [0.2, 0.25) is 0 Å². The fourth-order valence-electron chi connectivity index (χ4n) is 3.68. The third-order valence-electron chi connectivity index (χ3n) is 5.08. The summed E-state index contributed by atoms with van der Waals surface area (Å²) in [6, 6.07) is 0.209. The van der Waals surface area contributed by atoms with E-state index in [9.17, 15) is 0 Å². The molecule has 0 aromatic carbocycles. The van der Waals surface area contributed by atoms with Gasteiger partial charge in [0.05, 0.1) is 10.7 Å². The highest BCUT2D eigenvalue weighted by Gasteiger charge is 2.29. The molecule has 3 rings (SSSR count). The van der Waals surface area contributed by atoms with E-state index in [2.05, 4.69) is 13.8 Å². The van der Waals surface area contributed by atoms with Gasteiger partial charge in [0.1, 0.15) is 0 Å². The van der Waals surface area contributed by atoms with Gasteiger partial charge in [-0.1, -0.05) is 13.8 Å². The van der Waals surface area contributed by atoms with Crippen molar-refractivity contribution in [3.63, 3.8) is 0 Å². The molecule has 0 amide bonds. The fraction of sp³-hybridized carbons (Fsp3) is 0.812. The molecule has 2 N–H and O–H groups in total. The van der Waals surface area contributed by atoms with Crippen LogP contribution >= 0.6 is 11.3 Å². The maximum Gasteiger partial charge on any atom is 0.0962 e. The number of aryl methyl sites for hydroxylation is 1. The molecule has 0 radical (unpaired) electrons. The highest BCUT2D eigenvalue weighted by Crippen LogP contribution is 2.42. The average Bonchev–Trinajstić information content (AvgIpc) is 2.84. The van der Waals surface area contributed by atoms with Gasteiger partial charge in [0.15, 0.2) is 0 Å². The lowest BCUT2D eigenvalue weighted by molar-refractivity contribution is 0.258. The van der Waals surface area contributed by atoms with Crippen molar-refractivity contribution in [2.45, 2.75) is 70.8 Å². The molecule has 1 aromatic rings. The highest BCUT2D eigenvalue weighted by atomic mass is 32.1. The van der Waals surface area contributed by atoms with Crippen molar-refractivity contribution in [2.75, 3.05) is 0 Å². The molecule has 1 fully saturated rings. The van der Waals surface area contributed by atoms with E-state index in [1.165, 1.54) is 54.1 Å². The molecule has 3 heteroatoms. The monoisotopic (exact) mass is 278 g/mol. The number of hydrogen-bond donors (Lipinski definition) is 1. The molecule has 1 atom stereocenters. The summed E-state index contributed by atoms with van der Waals surface area (Å²) < 4.78 is 0. The molecular formula is C16H26N2S. The van der Waals surface area contributed by atoms with Crippen LogP contribution in [0.25, 0.3) is 0 Å². The molecule has 0 aliphatic heterocycles. The summed E-state index contributed by atoms with van der Waals surface area (Å²) in [7, 11) is 0. The first kappa shape index (κ1) is 13.6. The predicted octanol–water partition coefficient (Wildman–Crippen LogP) is 4.41. The summed E-state index contributed by atoms with van der Waals surface area (Å²) in [5.41, 5.74) is 7.43. The van der Waals surface area contributed by atoms with Crippen LogP contribution in [0.5, 0.6) is 0 Å². The normalized spacial score (nSPS) is 31.5. The smallest absolute Gasteiger partial charge is 0.0962 e. The van der Waals surface area contributed by atoms with Crippen LogP contribution in [-0.2, 0) is 6.42 Å². The van der Waals surface area contributed by atoms with Crippen molar-refractivity contribution in [1.29, 1.82) is 0 Å². The van der Waals surface area contributed by atoms with Gasteiger partial charge in [0.25, 0.3) is 0 Å². The molecule has 1 heterocycles. The molecule has 0 saturated heterocycles. The minimum absolute atomic E-state index is 0.209. The second-order valence-electron chi connectivity index (χ2n) is 6.71. The van der Waals surface area contributed by atoms with Crippen LogP contribution in [0.15, 0.2) is 0 Å². The fourth-order valence-corrected chi connectivity index (χ4v) is 5.02. The molecule has 19 heavy (non-hydrogen) atoms. The standard InChI is InChI=1S/C16H26N2S/c1-10(2)11-6-8-12(9-7-11)16-18-15-13(17)4-3-5-14(15)19-16/h10-13H,3-9,17H2,1-2H3.